The van der Waals surface area contributed by atoms with Crippen molar-refractivity contribution in [2.24, 2.45) is 0 Å². The summed E-state index contributed by atoms with van der Waals surface area (Å²) in [7, 11) is 0. The molecule has 0 amide bonds. The molecule has 1 atom stereocenters. The molecule has 81 heavy (non-hydrogen) atoms. The molecule has 0 radical (unpaired) electrons. The van der Waals surface area contributed by atoms with Crippen LogP contribution >= 0.6 is 0 Å². The first-order valence-corrected chi connectivity index (χ1v) is 36.7. The van der Waals surface area contributed by atoms with Gasteiger partial charge in [-0.3, -0.25) is 9.59 Å². The smallest absolute Gasteiger partial charge is 0.306 e. The monoisotopic (exact) mass is 1140 g/mol. The second kappa shape index (κ2) is 72.1. The van der Waals surface area contributed by atoms with Crippen LogP contribution in [0.15, 0.2) is 48.6 Å². The predicted octanol–water partition coefficient (Wildman–Crippen LogP) is 25.5. The lowest BCUT2D eigenvalue weighted by molar-refractivity contribution is -0.161. The fourth-order valence-electron chi connectivity index (χ4n) is 11.4. The van der Waals surface area contributed by atoms with Gasteiger partial charge in [-0.15, -0.1) is 0 Å². The molecule has 0 aromatic rings. The number of ether oxygens (including phenoxy) is 2. The fraction of sp³-hybridized carbons (Fsp3) is 0.868. The molecule has 5 nitrogen and oxygen atoms in total. The first kappa shape index (κ1) is 78.9. The van der Waals surface area contributed by atoms with E-state index in [1.807, 2.05) is 0 Å². The van der Waals surface area contributed by atoms with Crippen molar-refractivity contribution >= 4 is 11.9 Å². The number of esters is 2. The van der Waals surface area contributed by atoms with Gasteiger partial charge in [0.2, 0.25) is 0 Å². The second-order valence-electron chi connectivity index (χ2n) is 25.0. The van der Waals surface area contributed by atoms with E-state index in [1.165, 1.54) is 321 Å². The molecule has 0 rings (SSSR count). The SMILES string of the molecule is CC/C=C\C/C=C\C/C=C\C/C=C\CCCCCCCCCCCCCCCCC(=O)OC(CO)COC(=O)CCCCCCCCCCCCCCCCCCCCCCCCCCCCCCCCCCCCCCCCCC. The summed E-state index contributed by atoms with van der Waals surface area (Å²) >= 11 is 0. The number of unbranched alkanes of at least 4 members (excludes halogenated alkanes) is 53. The van der Waals surface area contributed by atoms with Crippen molar-refractivity contribution in [3.8, 4) is 0 Å². The Labute approximate surface area is 507 Å². The van der Waals surface area contributed by atoms with Crippen molar-refractivity contribution in [2.75, 3.05) is 13.2 Å². The standard InChI is InChI=1S/C76H142O5/c1-3-5-7-9-11-13-15-17-19-21-23-25-27-29-31-32-33-34-35-36-37-38-39-40-41-42-43-45-46-48-50-52-54-56-58-60-62-64-66-68-70-75(78)80-73-74(72-77)81-76(79)71-69-67-65-63-61-59-57-55-53-51-49-47-44-30-28-26-24-22-20-18-16-14-12-10-8-6-4-2/h6,8,12,14,18,20,24,26,74,77H,3-5,7,9-11,13,15-17,19,21-23,25,27-73H2,1-2H3/b8-6-,14-12-,20-18-,26-24-. The average molecular weight is 1140 g/mol. The van der Waals surface area contributed by atoms with Crippen LogP contribution in [0.4, 0.5) is 0 Å². The van der Waals surface area contributed by atoms with Gasteiger partial charge in [-0.05, 0) is 51.4 Å². The van der Waals surface area contributed by atoms with Gasteiger partial charge >= 0.3 is 11.9 Å². The zero-order chi connectivity index (χ0) is 58.4. The molecular weight excluding hydrogens is 993 g/mol. The van der Waals surface area contributed by atoms with E-state index in [0.29, 0.717) is 12.8 Å². The van der Waals surface area contributed by atoms with Crippen LogP contribution in [0, 0.1) is 0 Å². The molecular formula is C76H142O5. The highest BCUT2D eigenvalue weighted by Crippen LogP contribution is 2.20. The molecule has 476 valence electrons. The van der Waals surface area contributed by atoms with Crippen LogP contribution in [0.2, 0.25) is 0 Å². The third-order valence-electron chi connectivity index (χ3n) is 16.9. The third kappa shape index (κ3) is 70.3. The van der Waals surface area contributed by atoms with Crippen molar-refractivity contribution in [1.82, 2.24) is 0 Å². The molecule has 0 aliphatic heterocycles. The van der Waals surface area contributed by atoms with Gasteiger partial charge in [-0.1, -0.05) is 390 Å². The largest absolute Gasteiger partial charge is 0.462 e. The maximum absolute atomic E-state index is 12.4. The lowest BCUT2D eigenvalue weighted by atomic mass is 10.0. The fourth-order valence-corrected chi connectivity index (χ4v) is 11.4. The minimum Gasteiger partial charge on any atom is -0.462 e. The second-order valence-corrected chi connectivity index (χ2v) is 25.0. The maximum atomic E-state index is 12.4. The van der Waals surface area contributed by atoms with Crippen molar-refractivity contribution in [2.45, 2.75) is 412 Å². The summed E-state index contributed by atoms with van der Waals surface area (Å²) in [5, 5.41) is 9.70. The number of aliphatic hydroxyl groups is 1. The van der Waals surface area contributed by atoms with Gasteiger partial charge in [0.1, 0.15) is 6.61 Å². The number of hydrogen-bond donors (Lipinski definition) is 1. The highest BCUT2D eigenvalue weighted by atomic mass is 16.6. The molecule has 0 heterocycles. The molecule has 0 spiro atoms. The van der Waals surface area contributed by atoms with Crippen LogP contribution in [0.25, 0.3) is 0 Å². The molecule has 0 aromatic carbocycles. The van der Waals surface area contributed by atoms with Crippen LogP contribution in [-0.4, -0.2) is 36.4 Å². The Morgan fingerprint density at radius 3 is 0.802 bits per heavy atom. The molecule has 0 bridgehead atoms. The summed E-state index contributed by atoms with van der Waals surface area (Å²) < 4.78 is 10.8. The minimum absolute atomic E-state index is 0.0614. The molecule has 5 heteroatoms. The first-order valence-electron chi connectivity index (χ1n) is 36.7. The van der Waals surface area contributed by atoms with Crippen LogP contribution in [0.3, 0.4) is 0 Å². The Hall–Kier alpha value is -2.14. The van der Waals surface area contributed by atoms with E-state index in [0.717, 1.165) is 57.8 Å². The molecule has 1 N–H and O–H groups in total. The Kier molecular flexibility index (Phi) is 70.2. The molecule has 0 saturated carbocycles. The summed E-state index contributed by atoms with van der Waals surface area (Å²) in [6.07, 6.45) is 97.5. The number of allylic oxidation sites excluding steroid dienone is 8. The van der Waals surface area contributed by atoms with Gasteiger partial charge in [-0.2, -0.15) is 0 Å². The number of carbonyl (C=O) groups is 2. The molecule has 0 aliphatic rings. The predicted molar refractivity (Wildman–Crippen MR) is 357 cm³/mol. The van der Waals surface area contributed by atoms with E-state index in [9.17, 15) is 14.7 Å². The van der Waals surface area contributed by atoms with Gasteiger partial charge < -0.3 is 14.6 Å². The Bertz CT molecular complexity index is 1330. The highest BCUT2D eigenvalue weighted by Gasteiger charge is 2.16. The van der Waals surface area contributed by atoms with Crippen LogP contribution < -0.4 is 0 Å². The molecule has 0 aliphatic carbocycles. The lowest BCUT2D eigenvalue weighted by Gasteiger charge is -2.15. The van der Waals surface area contributed by atoms with E-state index >= 15 is 0 Å². The zero-order valence-electron chi connectivity index (χ0n) is 54.8. The van der Waals surface area contributed by atoms with Crippen LogP contribution in [0.5, 0.6) is 0 Å². The van der Waals surface area contributed by atoms with Crippen LogP contribution in [0.1, 0.15) is 406 Å². The Morgan fingerprint density at radius 2 is 0.531 bits per heavy atom. The van der Waals surface area contributed by atoms with Gasteiger partial charge in [0.15, 0.2) is 6.10 Å². The normalized spacial score (nSPS) is 12.4. The molecule has 0 aromatic heterocycles. The summed E-state index contributed by atoms with van der Waals surface area (Å²) in [4.78, 5) is 24.7. The molecule has 0 fully saturated rings. The maximum Gasteiger partial charge on any atom is 0.306 e. The van der Waals surface area contributed by atoms with Gasteiger partial charge in [0.05, 0.1) is 6.61 Å². The summed E-state index contributed by atoms with van der Waals surface area (Å²) in [6, 6.07) is 0. The van der Waals surface area contributed by atoms with E-state index < -0.39 is 6.10 Å². The summed E-state index contributed by atoms with van der Waals surface area (Å²) in [6.45, 7) is 4.09. The van der Waals surface area contributed by atoms with E-state index in [-0.39, 0.29) is 25.2 Å². The van der Waals surface area contributed by atoms with Gasteiger partial charge in [0.25, 0.3) is 0 Å². The summed E-state index contributed by atoms with van der Waals surface area (Å²) in [5.74, 6) is -0.570. The first-order chi connectivity index (χ1) is 40.1. The van der Waals surface area contributed by atoms with Crippen molar-refractivity contribution in [3.05, 3.63) is 48.6 Å². The number of carbonyl (C=O) groups excluding carboxylic acids is 2. The van der Waals surface area contributed by atoms with E-state index in [2.05, 4.69) is 62.5 Å². The Balaban J connectivity index is 3.36. The quantitative estimate of drug-likeness (QED) is 0.0373. The Morgan fingerprint density at radius 1 is 0.296 bits per heavy atom. The minimum atomic E-state index is -0.773. The van der Waals surface area contributed by atoms with Gasteiger partial charge in [-0.25, -0.2) is 0 Å². The summed E-state index contributed by atoms with van der Waals surface area (Å²) in [5.41, 5.74) is 0. The number of hydrogen-bond acceptors (Lipinski definition) is 5. The van der Waals surface area contributed by atoms with Crippen molar-refractivity contribution in [1.29, 1.82) is 0 Å². The molecule has 1 unspecified atom stereocenters. The number of rotatable bonds is 69. The third-order valence-corrected chi connectivity index (χ3v) is 16.9. The van der Waals surface area contributed by atoms with Crippen LogP contribution in [-0.2, 0) is 19.1 Å². The average Bonchev–Trinajstić information content (AvgIpc) is 3.47. The topological polar surface area (TPSA) is 72.8 Å². The lowest BCUT2D eigenvalue weighted by Crippen LogP contribution is -2.28. The van der Waals surface area contributed by atoms with Crippen molar-refractivity contribution in [3.63, 3.8) is 0 Å². The molecule has 0 saturated heterocycles. The van der Waals surface area contributed by atoms with Gasteiger partial charge in [0, 0.05) is 12.8 Å². The van der Waals surface area contributed by atoms with E-state index in [1.54, 1.807) is 0 Å². The highest BCUT2D eigenvalue weighted by molar-refractivity contribution is 5.70. The number of aliphatic hydroxyl groups excluding tert-OH is 1. The van der Waals surface area contributed by atoms with E-state index in [4.69, 9.17) is 9.47 Å². The van der Waals surface area contributed by atoms with Crippen molar-refractivity contribution < 1.29 is 24.2 Å². The zero-order valence-corrected chi connectivity index (χ0v) is 54.8.